The maximum atomic E-state index is 13.6. The first-order valence-electron chi connectivity index (χ1n) is 6.30. The van der Waals surface area contributed by atoms with Crippen molar-refractivity contribution in [3.05, 3.63) is 57.9 Å². The maximum absolute atomic E-state index is 13.6. The highest BCUT2D eigenvalue weighted by Gasteiger charge is 2.14. The lowest BCUT2D eigenvalue weighted by molar-refractivity contribution is 0.195. The van der Waals surface area contributed by atoms with Gasteiger partial charge >= 0.3 is 0 Å². The molecule has 0 aliphatic heterocycles. The molecule has 0 saturated carbocycles. The van der Waals surface area contributed by atoms with Crippen LogP contribution in [0.25, 0.3) is 0 Å². The van der Waals surface area contributed by atoms with Gasteiger partial charge in [-0.05, 0) is 62.2 Å². The summed E-state index contributed by atoms with van der Waals surface area (Å²) < 4.78 is 19.3. The standard InChI is InChI=1S/C16H16ClFO2/c1-9-6-12(4-5-14(9)17)20-16-7-10(2)15(18)8-13(16)11(3)19/h4-8,11,19H,1-3H3/t11-/m1/s1. The van der Waals surface area contributed by atoms with Crippen molar-refractivity contribution in [1.29, 1.82) is 0 Å². The van der Waals surface area contributed by atoms with Gasteiger partial charge in [-0.15, -0.1) is 0 Å². The van der Waals surface area contributed by atoms with E-state index in [4.69, 9.17) is 16.3 Å². The Hall–Kier alpha value is -1.58. The number of benzene rings is 2. The Kier molecular flexibility index (Phi) is 4.31. The predicted molar refractivity (Wildman–Crippen MR) is 78.0 cm³/mol. The number of aliphatic hydroxyl groups is 1. The van der Waals surface area contributed by atoms with Crippen LogP contribution in [0.5, 0.6) is 11.5 Å². The van der Waals surface area contributed by atoms with Gasteiger partial charge in [0.2, 0.25) is 0 Å². The van der Waals surface area contributed by atoms with Gasteiger partial charge < -0.3 is 9.84 Å². The summed E-state index contributed by atoms with van der Waals surface area (Å²) in [5.41, 5.74) is 1.78. The van der Waals surface area contributed by atoms with Gasteiger partial charge in [0.05, 0.1) is 6.10 Å². The van der Waals surface area contributed by atoms with Crippen molar-refractivity contribution in [1.82, 2.24) is 0 Å². The van der Waals surface area contributed by atoms with E-state index in [1.54, 1.807) is 38.1 Å². The summed E-state index contributed by atoms with van der Waals surface area (Å²) in [6, 6.07) is 8.16. The second-order valence-electron chi connectivity index (χ2n) is 4.83. The van der Waals surface area contributed by atoms with E-state index in [1.807, 2.05) is 6.92 Å². The third-order valence-corrected chi connectivity index (χ3v) is 3.52. The number of hydrogen-bond acceptors (Lipinski definition) is 2. The molecule has 2 rings (SSSR count). The fourth-order valence-corrected chi connectivity index (χ4v) is 2.01. The van der Waals surface area contributed by atoms with E-state index in [-0.39, 0.29) is 5.82 Å². The van der Waals surface area contributed by atoms with Crippen LogP contribution in [0, 0.1) is 19.7 Å². The number of hydrogen-bond donors (Lipinski definition) is 1. The molecular formula is C16H16ClFO2. The summed E-state index contributed by atoms with van der Waals surface area (Å²) >= 11 is 5.97. The van der Waals surface area contributed by atoms with Crippen molar-refractivity contribution in [2.24, 2.45) is 0 Å². The maximum Gasteiger partial charge on any atom is 0.133 e. The smallest absolute Gasteiger partial charge is 0.133 e. The molecule has 0 fully saturated rings. The number of rotatable bonds is 3. The number of halogens is 2. The highest BCUT2D eigenvalue weighted by Crippen LogP contribution is 2.33. The monoisotopic (exact) mass is 294 g/mol. The fraction of sp³-hybridized carbons (Fsp3) is 0.250. The van der Waals surface area contributed by atoms with Crippen LogP contribution in [-0.4, -0.2) is 5.11 Å². The summed E-state index contributed by atoms with van der Waals surface area (Å²) in [7, 11) is 0. The third kappa shape index (κ3) is 3.11. The van der Waals surface area contributed by atoms with Crippen molar-refractivity contribution in [2.45, 2.75) is 26.9 Å². The molecule has 0 aliphatic carbocycles. The summed E-state index contributed by atoms with van der Waals surface area (Å²) in [4.78, 5) is 0. The van der Waals surface area contributed by atoms with Crippen LogP contribution in [0.15, 0.2) is 30.3 Å². The van der Waals surface area contributed by atoms with Gasteiger partial charge in [-0.3, -0.25) is 0 Å². The number of aliphatic hydroxyl groups excluding tert-OH is 1. The first kappa shape index (κ1) is 14.8. The molecule has 2 aromatic rings. The van der Waals surface area contributed by atoms with Crippen LogP contribution < -0.4 is 4.74 Å². The molecule has 0 spiro atoms. The SMILES string of the molecule is Cc1cc(Oc2ccc(Cl)c(C)c2)c([C@@H](C)O)cc1F. The second kappa shape index (κ2) is 5.81. The average molecular weight is 295 g/mol. The molecule has 0 aliphatic rings. The van der Waals surface area contributed by atoms with Gasteiger partial charge in [-0.25, -0.2) is 4.39 Å². The van der Waals surface area contributed by atoms with Crippen LogP contribution >= 0.6 is 11.6 Å². The molecule has 0 heterocycles. The van der Waals surface area contributed by atoms with E-state index >= 15 is 0 Å². The van der Waals surface area contributed by atoms with Gasteiger partial charge in [-0.1, -0.05) is 11.6 Å². The minimum absolute atomic E-state index is 0.361. The fourth-order valence-electron chi connectivity index (χ4n) is 1.89. The molecule has 2 nitrogen and oxygen atoms in total. The molecule has 106 valence electrons. The number of ether oxygens (including phenoxy) is 1. The minimum atomic E-state index is -0.812. The Balaban J connectivity index is 2.41. The summed E-state index contributed by atoms with van der Waals surface area (Å²) in [5.74, 6) is 0.681. The third-order valence-electron chi connectivity index (χ3n) is 3.10. The molecule has 0 radical (unpaired) electrons. The highest BCUT2D eigenvalue weighted by molar-refractivity contribution is 6.31. The van der Waals surface area contributed by atoms with Crippen LogP contribution in [0.2, 0.25) is 5.02 Å². The Labute approximate surface area is 122 Å². The molecule has 1 N–H and O–H groups in total. The van der Waals surface area contributed by atoms with Gasteiger partial charge in [0.1, 0.15) is 17.3 Å². The van der Waals surface area contributed by atoms with Crippen molar-refractivity contribution < 1.29 is 14.2 Å². The van der Waals surface area contributed by atoms with Crippen molar-refractivity contribution >= 4 is 11.6 Å². The van der Waals surface area contributed by atoms with Crippen LogP contribution in [0.1, 0.15) is 29.7 Å². The largest absolute Gasteiger partial charge is 0.457 e. The molecule has 0 unspecified atom stereocenters. The lowest BCUT2D eigenvalue weighted by Crippen LogP contribution is -1.99. The number of aryl methyl sites for hydroxylation is 2. The van der Waals surface area contributed by atoms with Crippen LogP contribution in [0.3, 0.4) is 0 Å². The second-order valence-corrected chi connectivity index (χ2v) is 5.24. The molecule has 0 amide bonds. The summed E-state index contributed by atoms with van der Waals surface area (Å²) in [6.07, 6.45) is -0.812. The Morgan fingerprint density at radius 3 is 2.45 bits per heavy atom. The van der Waals surface area contributed by atoms with Gasteiger partial charge in [-0.2, -0.15) is 0 Å². The normalized spacial score (nSPS) is 12.3. The zero-order chi connectivity index (χ0) is 14.9. The van der Waals surface area contributed by atoms with E-state index < -0.39 is 6.10 Å². The summed E-state index contributed by atoms with van der Waals surface area (Å²) in [6.45, 7) is 5.10. The van der Waals surface area contributed by atoms with Crippen molar-refractivity contribution in [2.75, 3.05) is 0 Å². The minimum Gasteiger partial charge on any atom is -0.457 e. The Bertz CT molecular complexity index is 639. The molecule has 0 aromatic heterocycles. The molecule has 4 heteroatoms. The van der Waals surface area contributed by atoms with Crippen LogP contribution in [-0.2, 0) is 0 Å². The molecule has 0 saturated heterocycles. The first-order chi connectivity index (χ1) is 9.38. The van der Waals surface area contributed by atoms with E-state index in [2.05, 4.69) is 0 Å². The molecule has 2 aromatic carbocycles. The van der Waals surface area contributed by atoms with Gasteiger partial charge in [0.15, 0.2) is 0 Å². The first-order valence-corrected chi connectivity index (χ1v) is 6.68. The lowest BCUT2D eigenvalue weighted by atomic mass is 10.1. The quantitative estimate of drug-likeness (QED) is 0.868. The molecule has 20 heavy (non-hydrogen) atoms. The van der Waals surface area contributed by atoms with Crippen LogP contribution in [0.4, 0.5) is 4.39 Å². The average Bonchev–Trinajstić information content (AvgIpc) is 2.37. The topological polar surface area (TPSA) is 29.5 Å². The van der Waals surface area contributed by atoms with Crippen molar-refractivity contribution in [3.63, 3.8) is 0 Å². The summed E-state index contributed by atoms with van der Waals surface area (Å²) in [5, 5.41) is 10.4. The van der Waals surface area contributed by atoms with E-state index in [1.165, 1.54) is 6.07 Å². The lowest BCUT2D eigenvalue weighted by Gasteiger charge is -2.15. The zero-order valence-electron chi connectivity index (χ0n) is 11.6. The zero-order valence-corrected chi connectivity index (χ0v) is 12.3. The molecular weight excluding hydrogens is 279 g/mol. The molecule has 1 atom stereocenters. The predicted octanol–water partition coefficient (Wildman–Crippen LogP) is 4.94. The van der Waals surface area contributed by atoms with Crippen molar-refractivity contribution in [3.8, 4) is 11.5 Å². The molecule has 0 bridgehead atoms. The van der Waals surface area contributed by atoms with Gasteiger partial charge in [0.25, 0.3) is 0 Å². The Morgan fingerprint density at radius 2 is 1.85 bits per heavy atom. The highest BCUT2D eigenvalue weighted by atomic mass is 35.5. The van der Waals surface area contributed by atoms with E-state index in [9.17, 15) is 9.50 Å². The van der Waals surface area contributed by atoms with Gasteiger partial charge in [0, 0.05) is 10.6 Å². The van der Waals surface area contributed by atoms with E-state index in [0.29, 0.717) is 27.6 Å². The Morgan fingerprint density at radius 1 is 1.15 bits per heavy atom. The van der Waals surface area contributed by atoms with E-state index in [0.717, 1.165) is 5.56 Å².